The summed E-state index contributed by atoms with van der Waals surface area (Å²) in [6.07, 6.45) is 1.44. The number of aromatic nitrogens is 4. The first-order chi connectivity index (χ1) is 21.4. The van der Waals surface area contributed by atoms with Gasteiger partial charge in [-0.2, -0.15) is 4.68 Å². The number of carbonyl (C=O) groups excluding carboxylic acids is 4. The molecule has 0 saturated carbocycles. The summed E-state index contributed by atoms with van der Waals surface area (Å²) in [5, 5.41) is 19.9. The third-order valence-corrected chi connectivity index (χ3v) is 7.63. The first kappa shape index (κ1) is 31.3. The van der Waals surface area contributed by atoms with Gasteiger partial charge in [-0.15, -0.1) is 16.4 Å². The van der Waals surface area contributed by atoms with Crippen LogP contribution in [0.2, 0.25) is 5.02 Å². The largest absolute Gasteiger partial charge is 0.456 e. The number of amides is 3. The quantitative estimate of drug-likeness (QED) is 0.161. The Balaban J connectivity index is 1.33. The molecule has 0 radical (unpaired) electrons. The van der Waals surface area contributed by atoms with Gasteiger partial charge in [0.25, 0.3) is 0 Å². The predicted octanol–water partition coefficient (Wildman–Crippen LogP) is 4.79. The lowest BCUT2D eigenvalue weighted by atomic mass is 10.0. The van der Waals surface area contributed by atoms with Gasteiger partial charge in [0.05, 0.1) is 11.4 Å². The third-order valence-electron chi connectivity index (χ3n) is 6.30. The van der Waals surface area contributed by atoms with E-state index in [1.54, 1.807) is 57.2 Å². The second kappa shape index (κ2) is 13.2. The Kier molecular flexibility index (Phi) is 9.21. The van der Waals surface area contributed by atoms with Crippen molar-refractivity contribution in [3.63, 3.8) is 0 Å². The molecule has 1 atom stereocenters. The maximum atomic E-state index is 13.5. The van der Waals surface area contributed by atoms with Crippen molar-refractivity contribution in [3.05, 3.63) is 94.6 Å². The molecule has 0 bridgehead atoms. The average molecular weight is 646 g/mol. The molecule has 3 aromatic carbocycles. The molecule has 45 heavy (non-hydrogen) atoms. The number of anilines is 2. The van der Waals surface area contributed by atoms with E-state index in [0.717, 1.165) is 15.6 Å². The normalized spacial score (nSPS) is 11.9. The fourth-order valence-electron chi connectivity index (χ4n) is 4.32. The van der Waals surface area contributed by atoms with Crippen LogP contribution in [0.5, 0.6) is 0 Å². The molecule has 2 heterocycles. The molecule has 0 aliphatic heterocycles. The average Bonchev–Trinajstić information content (AvgIpc) is 3.67. The molecule has 3 amide bonds. The molecule has 3 N–H and O–H groups in total. The summed E-state index contributed by atoms with van der Waals surface area (Å²) in [5.41, 5.74) is 1.15. The minimum absolute atomic E-state index is 0.113. The molecule has 0 spiro atoms. The summed E-state index contributed by atoms with van der Waals surface area (Å²) in [5.74, 6) is -3.03. The number of hydrogen-bond acceptors (Lipinski definition) is 9. The number of nitrogens with zero attached hydrogens (tertiary/aromatic N) is 4. The smallest absolute Gasteiger partial charge is 0.348 e. The summed E-state index contributed by atoms with van der Waals surface area (Å²) in [4.78, 5) is 52.6. The van der Waals surface area contributed by atoms with Gasteiger partial charge >= 0.3 is 17.8 Å². The van der Waals surface area contributed by atoms with Crippen LogP contribution in [0.15, 0.2) is 79.1 Å². The van der Waals surface area contributed by atoms with Gasteiger partial charge in [0, 0.05) is 21.8 Å². The standard InChI is InChI=1S/C31H28ClN7O5S/c1-31(2,3)44-30(43)26-15-19-14-21(10-12-25(19)45-26)34-27(40)23(13-18-7-5-4-6-8-18)36-29(42)28(41)35-22-16-20(32)9-11-24(22)39-17-33-37-38-39/h4-12,14-17,23H,13H2,1-3H3,(H,34,40)(H,35,41)(H,36,42). The second-order valence-electron chi connectivity index (χ2n) is 10.9. The number of hydrogen-bond donors (Lipinski definition) is 3. The van der Waals surface area contributed by atoms with Gasteiger partial charge in [0.2, 0.25) is 5.91 Å². The zero-order valence-corrected chi connectivity index (χ0v) is 26.0. The number of halogens is 1. The summed E-state index contributed by atoms with van der Waals surface area (Å²) < 4.78 is 7.61. The molecule has 12 nitrogen and oxygen atoms in total. The van der Waals surface area contributed by atoms with Crippen LogP contribution in [-0.4, -0.2) is 55.5 Å². The lowest BCUT2D eigenvalue weighted by molar-refractivity contribution is -0.137. The molecule has 5 rings (SSSR count). The van der Waals surface area contributed by atoms with E-state index in [9.17, 15) is 19.2 Å². The van der Waals surface area contributed by atoms with E-state index in [1.807, 2.05) is 30.3 Å². The van der Waals surface area contributed by atoms with Crippen molar-refractivity contribution in [1.82, 2.24) is 25.5 Å². The lowest BCUT2D eigenvalue weighted by Crippen LogP contribution is -2.49. The number of fused-ring (bicyclic) bond motifs is 1. The number of rotatable bonds is 8. The van der Waals surface area contributed by atoms with Crippen LogP contribution in [0, 0.1) is 0 Å². The molecular formula is C31H28ClN7O5S. The lowest BCUT2D eigenvalue weighted by Gasteiger charge is -2.19. The molecule has 1 unspecified atom stereocenters. The van der Waals surface area contributed by atoms with Crippen LogP contribution in [0.1, 0.15) is 36.0 Å². The molecule has 0 aliphatic rings. The summed E-state index contributed by atoms with van der Waals surface area (Å²) in [7, 11) is 0. The molecule has 14 heteroatoms. The van der Waals surface area contributed by atoms with E-state index in [0.29, 0.717) is 21.3 Å². The first-order valence-electron chi connectivity index (χ1n) is 13.7. The van der Waals surface area contributed by atoms with Crippen molar-refractivity contribution in [2.45, 2.75) is 38.8 Å². The fourth-order valence-corrected chi connectivity index (χ4v) is 5.41. The molecule has 0 saturated heterocycles. The number of carbonyl (C=O) groups is 4. The Hall–Kier alpha value is -5.14. The number of nitrogens with one attached hydrogen (secondary N) is 3. The predicted molar refractivity (Wildman–Crippen MR) is 170 cm³/mol. The van der Waals surface area contributed by atoms with Gasteiger partial charge < -0.3 is 20.7 Å². The van der Waals surface area contributed by atoms with Crippen LogP contribution in [-0.2, 0) is 25.5 Å². The van der Waals surface area contributed by atoms with E-state index in [2.05, 4.69) is 31.5 Å². The van der Waals surface area contributed by atoms with Gasteiger partial charge in [-0.05, 0) is 84.6 Å². The summed E-state index contributed by atoms with van der Waals surface area (Å²) >= 11 is 7.41. The molecule has 2 aromatic heterocycles. The van der Waals surface area contributed by atoms with E-state index < -0.39 is 35.3 Å². The number of benzene rings is 3. The maximum absolute atomic E-state index is 13.5. The molecule has 5 aromatic rings. The van der Waals surface area contributed by atoms with E-state index in [-0.39, 0.29) is 12.1 Å². The van der Waals surface area contributed by atoms with Gasteiger partial charge in [0.1, 0.15) is 22.8 Å². The Bertz CT molecular complexity index is 1870. The molecule has 230 valence electrons. The van der Waals surface area contributed by atoms with Gasteiger partial charge in [-0.1, -0.05) is 41.9 Å². The van der Waals surface area contributed by atoms with Crippen molar-refractivity contribution in [1.29, 1.82) is 0 Å². The second-order valence-corrected chi connectivity index (χ2v) is 12.5. The highest BCUT2D eigenvalue weighted by atomic mass is 35.5. The first-order valence-corrected chi connectivity index (χ1v) is 14.9. The van der Waals surface area contributed by atoms with Crippen molar-refractivity contribution >= 4 is 68.1 Å². The van der Waals surface area contributed by atoms with E-state index >= 15 is 0 Å². The zero-order chi connectivity index (χ0) is 32.1. The number of thiophene rings is 1. The molecule has 0 aliphatic carbocycles. The monoisotopic (exact) mass is 645 g/mol. The van der Waals surface area contributed by atoms with Gasteiger partial charge in [-0.25, -0.2) is 4.79 Å². The van der Waals surface area contributed by atoms with Crippen molar-refractivity contribution in [3.8, 4) is 5.69 Å². The molecule has 0 fully saturated rings. The Labute approximate surface area is 266 Å². The van der Waals surface area contributed by atoms with Gasteiger partial charge in [-0.3, -0.25) is 14.4 Å². The SMILES string of the molecule is CC(C)(C)OC(=O)c1cc2cc(NC(=O)C(Cc3ccccc3)NC(=O)C(=O)Nc3cc(Cl)ccc3-n3cnnn3)ccc2s1. The van der Waals surface area contributed by atoms with E-state index in [4.69, 9.17) is 16.3 Å². The maximum Gasteiger partial charge on any atom is 0.348 e. The van der Waals surface area contributed by atoms with Crippen molar-refractivity contribution < 1.29 is 23.9 Å². The minimum Gasteiger partial charge on any atom is -0.456 e. The molecular weight excluding hydrogens is 618 g/mol. The van der Waals surface area contributed by atoms with Crippen LogP contribution in [0.3, 0.4) is 0 Å². The Morgan fingerprint density at radius 1 is 0.956 bits per heavy atom. The van der Waals surface area contributed by atoms with Crippen LogP contribution >= 0.6 is 22.9 Å². The summed E-state index contributed by atoms with van der Waals surface area (Å²) in [6.45, 7) is 5.39. The Morgan fingerprint density at radius 3 is 2.44 bits per heavy atom. The minimum atomic E-state index is -1.11. The highest BCUT2D eigenvalue weighted by molar-refractivity contribution is 7.20. The highest BCUT2D eigenvalue weighted by Gasteiger charge is 2.26. The van der Waals surface area contributed by atoms with Crippen molar-refractivity contribution in [2.24, 2.45) is 0 Å². The van der Waals surface area contributed by atoms with Gasteiger partial charge in [0.15, 0.2) is 0 Å². The number of esters is 1. The van der Waals surface area contributed by atoms with Crippen molar-refractivity contribution in [2.75, 3.05) is 10.6 Å². The topological polar surface area (TPSA) is 157 Å². The third kappa shape index (κ3) is 8.08. The zero-order valence-electron chi connectivity index (χ0n) is 24.4. The Morgan fingerprint density at radius 2 is 1.73 bits per heavy atom. The number of ether oxygens (including phenoxy) is 1. The van der Waals surface area contributed by atoms with E-state index in [1.165, 1.54) is 28.4 Å². The highest BCUT2D eigenvalue weighted by Crippen LogP contribution is 2.30. The fraction of sp³-hybridized carbons (Fsp3) is 0.194. The van der Waals surface area contributed by atoms with Crippen LogP contribution < -0.4 is 16.0 Å². The summed E-state index contributed by atoms with van der Waals surface area (Å²) in [6, 6.07) is 19.5. The number of tetrazole rings is 1. The van der Waals surface area contributed by atoms with Crippen LogP contribution in [0.25, 0.3) is 15.8 Å². The van der Waals surface area contributed by atoms with Crippen LogP contribution in [0.4, 0.5) is 11.4 Å².